The molecule has 1 aliphatic carbocycles. The van der Waals surface area contributed by atoms with Gasteiger partial charge < -0.3 is 4.74 Å². The number of carbonyl (C=O) groups is 1. The zero-order chi connectivity index (χ0) is 12.6. The van der Waals surface area contributed by atoms with E-state index in [4.69, 9.17) is 16.3 Å². The van der Waals surface area contributed by atoms with E-state index in [0.717, 1.165) is 6.42 Å². The summed E-state index contributed by atoms with van der Waals surface area (Å²) in [5, 5.41) is 4.57. The van der Waals surface area contributed by atoms with Gasteiger partial charge in [-0.1, -0.05) is 18.5 Å². The van der Waals surface area contributed by atoms with E-state index < -0.39 is 0 Å². The first-order valence-corrected chi connectivity index (χ1v) is 6.32. The molecule has 4 nitrogen and oxygen atoms in total. The molecule has 0 aromatic carbocycles. The molecular weight excluding hydrogens is 240 g/mol. The van der Waals surface area contributed by atoms with Crippen molar-refractivity contribution in [3.63, 3.8) is 0 Å². The summed E-state index contributed by atoms with van der Waals surface area (Å²) >= 11 is 6.08. The van der Waals surface area contributed by atoms with E-state index in [0.29, 0.717) is 41.4 Å². The predicted octanol–water partition coefficient (Wildman–Crippen LogP) is 2.68. The minimum atomic E-state index is -0.355. The zero-order valence-corrected chi connectivity index (χ0v) is 11.1. The molecule has 1 fully saturated rings. The lowest BCUT2D eigenvalue weighted by molar-refractivity contribution is 0.0480. The van der Waals surface area contributed by atoms with Gasteiger partial charge in [0, 0.05) is 6.54 Å². The third-order valence-electron chi connectivity index (χ3n) is 3.27. The van der Waals surface area contributed by atoms with Crippen molar-refractivity contribution in [3.05, 3.63) is 16.4 Å². The largest absolute Gasteiger partial charge is 0.462 e. The first-order chi connectivity index (χ1) is 8.04. The van der Waals surface area contributed by atoms with E-state index in [9.17, 15) is 4.79 Å². The first-order valence-electron chi connectivity index (χ1n) is 5.94. The van der Waals surface area contributed by atoms with Crippen molar-refractivity contribution >= 4 is 17.6 Å². The predicted molar refractivity (Wildman–Crippen MR) is 65.2 cm³/mol. The SMILES string of the molecule is CCn1nc(C)c(C(=O)OCC2CC2C)c1Cl. The summed E-state index contributed by atoms with van der Waals surface area (Å²) < 4.78 is 6.87. The summed E-state index contributed by atoms with van der Waals surface area (Å²) in [6.07, 6.45) is 1.15. The monoisotopic (exact) mass is 256 g/mol. The van der Waals surface area contributed by atoms with Crippen LogP contribution in [-0.4, -0.2) is 22.4 Å². The molecule has 1 aromatic rings. The fourth-order valence-electron chi connectivity index (χ4n) is 1.88. The molecule has 2 rings (SSSR count). The average Bonchev–Trinajstić information content (AvgIpc) is 2.91. The van der Waals surface area contributed by atoms with Crippen molar-refractivity contribution < 1.29 is 9.53 Å². The quantitative estimate of drug-likeness (QED) is 0.778. The maximum atomic E-state index is 11.9. The highest BCUT2D eigenvalue weighted by molar-refractivity contribution is 6.32. The van der Waals surface area contributed by atoms with Gasteiger partial charge in [0.15, 0.2) is 0 Å². The molecule has 1 heterocycles. The summed E-state index contributed by atoms with van der Waals surface area (Å²) in [6, 6.07) is 0. The Hall–Kier alpha value is -1.03. The van der Waals surface area contributed by atoms with Crippen molar-refractivity contribution in [2.45, 2.75) is 33.7 Å². The second-order valence-electron chi connectivity index (χ2n) is 4.64. The van der Waals surface area contributed by atoms with E-state index in [1.54, 1.807) is 11.6 Å². The highest BCUT2D eigenvalue weighted by Crippen LogP contribution is 2.37. The Balaban J connectivity index is 2.05. The van der Waals surface area contributed by atoms with Gasteiger partial charge in [-0.15, -0.1) is 0 Å². The number of carbonyl (C=O) groups excluding carboxylic acids is 1. The number of esters is 1. The number of aryl methyl sites for hydroxylation is 2. The Bertz CT molecular complexity index is 442. The highest BCUT2D eigenvalue weighted by Gasteiger charge is 2.34. The second-order valence-corrected chi connectivity index (χ2v) is 5.00. The molecule has 0 spiro atoms. The van der Waals surface area contributed by atoms with Crippen LogP contribution in [0.25, 0.3) is 0 Å². The number of halogens is 1. The molecule has 0 aliphatic heterocycles. The minimum Gasteiger partial charge on any atom is -0.462 e. The Morgan fingerprint density at radius 3 is 2.76 bits per heavy atom. The molecule has 2 atom stereocenters. The zero-order valence-electron chi connectivity index (χ0n) is 10.4. The van der Waals surface area contributed by atoms with Gasteiger partial charge in [0.05, 0.1) is 12.3 Å². The molecule has 0 saturated heterocycles. The molecule has 94 valence electrons. The standard InChI is InChI=1S/C12H17ClN2O2/c1-4-15-11(13)10(8(3)14-15)12(16)17-6-9-5-7(9)2/h7,9H,4-6H2,1-3H3. The van der Waals surface area contributed by atoms with Crippen LogP contribution in [0.2, 0.25) is 5.15 Å². The summed E-state index contributed by atoms with van der Waals surface area (Å²) in [6.45, 7) is 7.00. The van der Waals surface area contributed by atoms with Crippen molar-refractivity contribution in [2.75, 3.05) is 6.61 Å². The Morgan fingerprint density at radius 1 is 1.65 bits per heavy atom. The van der Waals surface area contributed by atoms with Crippen LogP contribution in [-0.2, 0) is 11.3 Å². The van der Waals surface area contributed by atoms with Gasteiger partial charge in [0.1, 0.15) is 10.7 Å². The van der Waals surface area contributed by atoms with Crippen LogP contribution in [0.3, 0.4) is 0 Å². The third kappa shape index (κ3) is 2.46. The van der Waals surface area contributed by atoms with Gasteiger partial charge in [0.25, 0.3) is 0 Å². The molecule has 1 saturated carbocycles. The third-order valence-corrected chi connectivity index (χ3v) is 3.66. The Morgan fingerprint density at radius 2 is 2.29 bits per heavy atom. The number of rotatable bonds is 4. The van der Waals surface area contributed by atoms with Crippen LogP contribution in [0.4, 0.5) is 0 Å². The Kier molecular flexibility index (Phi) is 3.43. The number of hydrogen-bond donors (Lipinski definition) is 0. The van der Waals surface area contributed by atoms with Gasteiger partial charge >= 0.3 is 5.97 Å². The topological polar surface area (TPSA) is 44.1 Å². The van der Waals surface area contributed by atoms with E-state index in [1.165, 1.54) is 0 Å². The molecule has 1 aromatic heterocycles. The van der Waals surface area contributed by atoms with Crippen molar-refractivity contribution in [1.29, 1.82) is 0 Å². The number of ether oxygens (including phenoxy) is 1. The van der Waals surface area contributed by atoms with Crippen LogP contribution in [0.1, 0.15) is 36.3 Å². The lowest BCUT2D eigenvalue weighted by atomic mass is 10.2. The van der Waals surface area contributed by atoms with Gasteiger partial charge in [-0.05, 0) is 32.1 Å². The van der Waals surface area contributed by atoms with Crippen molar-refractivity contribution in [1.82, 2.24) is 9.78 Å². The average molecular weight is 257 g/mol. The van der Waals surface area contributed by atoms with Gasteiger partial charge in [-0.3, -0.25) is 4.68 Å². The van der Waals surface area contributed by atoms with Gasteiger partial charge in [-0.2, -0.15) is 5.10 Å². The molecule has 2 unspecified atom stereocenters. The molecule has 0 bridgehead atoms. The van der Waals surface area contributed by atoms with Crippen LogP contribution in [0.15, 0.2) is 0 Å². The maximum absolute atomic E-state index is 11.9. The van der Waals surface area contributed by atoms with E-state index in [1.807, 2.05) is 6.92 Å². The van der Waals surface area contributed by atoms with E-state index >= 15 is 0 Å². The molecule has 0 amide bonds. The molecular formula is C12H17ClN2O2. The van der Waals surface area contributed by atoms with Gasteiger partial charge in [0.2, 0.25) is 0 Å². The fraction of sp³-hybridized carbons (Fsp3) is 0.667. The van der Waals surface area contributed by atoms with Crippen LogP contribution in [0.5, 0.6) is 0 Å². The minimum absolute atomic E-state index is 0.355. The lowest BCUT2D eigenvalue weighted by Crippen LogP contribution is -2.09. The van der Waals surface area contributed by atoms with E-state index in [-0.39, 0.29) is 5.97 Å². The molecule has 0 N–H and O–H groups in total. The number of nitrogens with zero attached hydrogens (tertiary/aromatic N) is 2. The summed E-state index contributed by atoms with van der Waals surface area (Å²) in [5.41, 5.74) is 1.03. The van der Waals surface area contributed by atoms with Crippen LogP contribution < -0.4 is 0 Å². The first kappa shape index (κ1) is 12.4. The number of hydrogen-bond acceptors (Lipinski definition) is 3. The summed E-state index contributed by atoms with van der Waals surface area (Å²) in [5.74, 6) is 0.850. The van der Waals surface area contributed by atoms with Crippen molar-refractivity contribution in [2.24, 2.45) is 11.8 Å². The molecule has 0 radical (unpaired) electrons. The highest BCUT2D eigenvalue weighted by atomic mass is 35.5. The molecule has 17 heavy (non-hydrogen) atoms. The molecule has 5 heteroatoms. The van der Waals surface area contributed by atoms with Gasteiger partial charge in [-0.25, -0.2) is 4.79 Å². The summed E-state index contributed by atoms with van der Waals surface area (Å²) in [4.78, 5) is 11.9. The van der Waals surface area contributed by atoms with Crippen molar-refractivity contribution in [3.8, 4) is 0 Å². The van der Waals surface area contributed by atoms with Crippen LogP contribution >= 0.6 is 11.6 Å². The maximum Gasteiger partial charge on any atom is 0.343 e. The van der Waals surface area contributed by atoms with Crippen LogP contribution in [0, 0.1) is 18.8 Å². The van der Waals surface area contributed by atoms with E-state index in [2.05, 4.69) is 12.0 Å². The smallest absolute Gasteiger partial charge is 0.343 e. The number of aromatic nitrogens is 2. The lowest BCUT2D eigenvalue weighted by Gasteiger charge is -2.03. The molecule has 1 aliphatic rings. The normalized spacial score (nSPS) is 22.6. The fourth-order valence-corrected chi connectivity index (χ4v) is 2.25. The second kappa shape index (κ2) is 4.69. The summed E-state index contributed by atoms with van der Waals surface area (Å²) in [7, 11) is 0. The Labute approximate surface area is 106 Å².